The second-order valence-corrected chi connectivity index (χ2v) is 6.10. The Kier molecular flexibility index (Phi) is 5.31. The molecule has 0 saturated heterocycles. The third-order valence-corrected chi connectivity index (χ3v) is 3.89. The van der Waals surface area contributed by atoms with Gasteiger partial charge in [0.25, 0.3) is 5.56 Å². The summed E-state index contributed by atoms with van der Waals surface area (Å²) in [6.45, 7) is 4.04. The maximum atomic E-state index is 12.2. The lowest BCUT2D eigenvalue weighted by atomic mass is 10.2. The predicted molar refractivity (Wildman–Crippen MR) is 101 cm³/mol. The van der Waals surface area contributed by atoms with Gasteiger partial charge in [0.2, 0.25) is 5.91 Å². The predicted octanol–water partition coefficient (Wildman–Crippen LogP) is 3.32. The number of para-hydroxylation sites is 2. The van der Waals surface area contributed by atoms with E-state index in [0.717, 1.165) is 12.0 Å². The number of carbonyl (C=O) groups is 1. The van der Waals surface area contributed by atoms with Crippen molar-refractivity contribution in [2.45, 2.75) is 33.3 Å². The molecule has 0 saturated carbocycles. The number of carbonyl (C=O) groups excluding carboxylic acids is 1. The minimum absolute atomic E-state index is 0.0545. The normalized spacial score (nSPS) is 10.7. The first-order valence-corrected chi connectivity index (χ1v) is 8.57. The van der Waals surface area contributed by atoms with Crippen LogP contribution in [0.25, 0.3) is 5.65 Å². The van der Waals surface area contributed by atoms with Gasteiger partial charge in [0.1, 0.15) is 18.0 Å². The van der Waals surface area contributed by atoms with Gasteiger partial charge in [-0.15, -0.1) is 0 Å². The Balaban J connectivity index is 1.80. The van der Waals surface area contributed by atoms with Gasteiger partial charge in [-0.2, -0.15) is 0 Å². The highest BCUT2D eigenvalue weighted by molar-refractivity contribution is 5.92. The number of ether oxygens (including phenoxy) is 1. The molecule has 0 atom stereocenters. The van der Waals surface area contributed by atoms with Crippen LogP contribution in [-0.2, 0) is 11.4 Å². The van der Waals surface area contributed by atoms with E-state index in [-0.39, 0.29) is 18.1 Å². The Morgan fingerprint density at radius 3 is 2.85 bits per heavy atom. The zero-order valence-electron chi connectivity index (χ0n) is 14.9. The third-order valence-electron chi connectivity index (χ3n) is 3.89. The number of amides is 1. The van der Waals surface area contributed by atoms with Crippen molar-refractivity contribution >= 4 is 17.2 Å². The monoisotopic (exact) mass is 351 g/mol. The van der Waals surface area contributed by atoms with E-state index in [1.807, 2.05) is 38.1 Å². The summed E-state index contributed by atoms with van der Waals surface area (Å²) in [5, 5.41) is 2.85. The van der Waals surface area contributed by atoms with Crippen molar-refractivity contribution in [1.82, 2.24) is 9.38 Å². The summed E-state index contributed by atoms with van der Waals surface area (Å²) in [7, 11) is 0. The van der Waals surface area contributed by atoms with Crippen LogP contribution in [0, 0.1) is 6.92 Å². The van der Waals surface area contributed by atoms with Crippen molar-refractivity contribution in [2.75, 3.05) is 5.32 Å². The highest BCUT2D eigenvalue weighted by atomic mass is 16.5. The number of aryl methyl sites for hydroxylation is 1. The smallest absolute Gasteiger partial charge is 0.258 e. The Morgan fingerprint density at radius 2 is 2.04 bits per heavy atom. The molecule has 0 spiro atoms. The first kappa shape index (κ1) is 17.7. The molecule has 134 valence electrons. The number of pyridine rings is 1. The summed E-state index contributed by atoms with van der Waals surface area (Å²) in [6, 6.07) is 12.4. The molecule has 0 radical (unpaired) electrons. The molecule has 0 unspecified atom stereocenters. The highest BCUT2D eigenvalue weighted by Gasteiger charge is 2.09. The number of rotatable bonds is 6. The van der Waals surface area contributed by atoms with Crippen LogP contribution in [0.4, 0.5) is 5.69 Å². The molecule has 0 aliphatic heterocycles. The van der Waals surface area contributed by atoms with E-state index in [4.69, 9.17) is 4.74 Å². The van der Waals surface area contributed by atoms with E-state index in [1.54, 1.807) is 18.3 Å². The van der Waals surface area contributed by atoms with Gasteiger partial charge >= 0.3 is 0 Å². The van der Waals surface area contributed by atoms with Crippen LogP contribution in [0.2, 0.25) is 0 Å². The van der Waals surface area contributed by atoms with Crippen LogP contribution in [0.15, 0.2) is 53.5 Å². The molecule has 2 aromatic heterocycles. The zero-order valence-corrected chi connectivity index (χ0v) is 14.9. The van der Waals surface area contributed by atoms with Crippen molar-refractivity contribution in [3.63, 3.8) is 0 Å². The van der Waals surface area contributed by atoms with E-state index >= 15 is 0 Å². The molecule has 3 aromatic rings. The lowest BCUT2D eigenvalue weighted by Crippen LogP contribution is -2.16. The Labute approximate surface area is 151 Å². The Hall–Kier alpha value is -3.15. The molecule has 1 amide bonds. The number of benzene rings is 1. The number of nitrogens with one attached hydrogen (secondary N) is 1. The molecule has 6 nitrogen and oxygen atoms in total. The van der Waals surface area contributed by atoms with Crippen LogP contribution < -0.4 is 15.6 Å². The fraction of sp³-hybridized carbons (Fsp3) is 0.250. The van der Waals surface area contributed by atoms with Gasteiger partial charge in [-0.1, -0.05) is 19.1 Å². The standard InChI is InChI=1S/C20H21N3O3/c1-3-6-19(24)22-16-7-4-5-8-17(16)26-13-15-12-20(25)23-10-9-14(2)11-18(23)21-15/h4-5,7-12H,3,6,13H2,1-2H3,(H,22,24). The lowest BCUT2D eigenvalue weighted by Gasteiger charge is -2.12. The van der Waals surface area contributed by atoms with Gasteiger partial charge < -0.3 is 10.1 Å². The fourth-order valence-corrected chi connectivity index (χ4v) is 2.61. The van der Waals surface area contributed by atoms with Gasteiger partial charge in [-0.05, 0) is 43.2 Å². The van der Waals surface area contributed by atoms with Crippen molar-refractivity contribution in [1.29, 1.82) is 0 Å². The first-order chi connectivity index (χ1) is 12.6. The average molecular weight is 351 g/mol. The van der Waals surface area contributed by atoms with Gasteiger partial charge in [0.05, 0.1) is 11.4 Å². The summed E-state index contributed by atoms with van der Waals surface area (Å²) in [5.74, 6) is 0.490. The quantitative estimate of drug-likeness (QED) is 0.739. The number of nitrogens with zero attached hydrogens (tertiary/aromatic N) is 2. The van der Waals surface area contributed by atoms with E-state index < -0.39 is 0 Å². The fourth-order valence-electron chi connectivity index (χ4n) is 2.61. The van der Waals surface area contributed by atoms with E-state index in [0.29, 0.717) is 29.2 Å². The van der Waals surface area contributed by atoms with Crippen molar-refractivity contribution in [3.05, 3.63) is 70.3 Å². The number of anilines is 1. The van der Waals surface area contributed by atoms with E-state index in [1.165, 1.54) is 10.5 Å². The second kappa shape index (κ2) is 7.82. The van der Waals surface area contributed by atoms with Crippen LogP contribution in [0.5, 0.6) is 5.75 Å². The Bertz CT molecular complexity index is 995. The molecule has 0 fully saturated rings. The van der Waals surface area contributed by atoms with Crippen LogP contribution in [0.3, 0.4) is 0 Å². The average Bonchev–Trinajstić information content (AvgIpc) is 2.61. The van der Waals surface area contributed by atoms with Crippen LogP contribution in [0.1, 0.15) is 31.0 Å². The number of hydrogen-bond donors (Lipinski definition) is 1. The van der Waals surface area contributed by atoms with Crippen molar-refractivity contribution < 1.29 is 9.53 Å². The van der Waals surface area contributed by atoms with Crippen LogP contribution in [-0.4, -0.2) is 15.3 Å². The van der Waals surface area contributed by atoms with E-state index in [9.17, 15) is 9.59 Å². The first-order valence-electron chi connectivity index (χ1n) is 8.57. The summed E-state index contributed by atoms with van der Waals surface area (Å²) < 4.78 is 7.31. The van der Waals surface area contributed by atoms with Gasteiger partial charge in [-0.25, -0.2) is 4.98 Å². The number of fused-ring (bicyclic) bond motifs is 1. The topological polar surface area (TPSA) is 72.7 Å². The van der Waals surface area contributed by atoms with Gasteiger partial charge in [-0.3, -0.25) is 14.0 Å². The number of hydrogen-bond acceptors (Lipinski definition) is 4. The Morgan fingerprint density at radius 1 is 1.23 bits per heavy atom. The van der Waals surface area contributed by atoms with E-state index in [2.05, 4.69) is 10.3 Å². The minimum Gasteiger partial charge on any atom is -0.485 e. The van der Waals surface area contributed by atoms with Crippen LogP contribution >= 0.6 is 0 Å². The second-order valence-electron chi connectivity index (χ2n) is 6.10. The zero-order chi connectivity index (χ0) is 18.5. The van der Waals surface area contributed by atoms with Crippen molar-refractivity contribution in [3.8, 4) is 5.75 Å². The highest BCUT2D eigenvalue weighted by Crippen LogP contribution is 2.24. The molecule has 26 heavy (non-hydrogen) atoms. The van der Waals surface area contributed by atoms with Crippen molar-refractivity contribution in [2.24, 2.45) is 0 Å². The molecule has 0 aliphatic carbocycles. The molecule has 0 aliphatic rings. The molecule has 6 heteroatoms. The maximum Gasteiger partial charge on any atom is 0.258 e. The maximum absolute atomic E-state index is 12.2. The summed E-state index contributed by atoms with van der Waals surface area (Å²) >= 11 is 0. The minimum atomic E-state index is -0.155. The molecule has 2 heterocycles. The molecule has 1 N–H and O–H groups in total. The largest absolute Gasteiger partial charge is 0.485 e. The van der Waals surface area contributed by atoms with Gasteiger partial charge in [0.15, 0.2) is 0 Å². The third kappa shape index (κ3) is 4.08. The molecular formula is C20H21N3O3. The number of aromatic nitrogens is 2. The summed E-state index contributed by atoms with van der Waals surface area (Å²) in [4.78, 5) is 28.5. The SMILES string of the molecule is CCCC(=O)Nc1ccccc1OCc1cc(=O)n2ccc(C)cc2n1. The summed E-state index contributed by atoms with van der Waals surface area (Å²) in [5.41, 5.74) is 2.60. The molecular weight excluding hydrogens is 330 g/mol. The lowest BCUT2D eigenvalue weighted by molar-refractivity contribution is -0.116. The molecule has 0 bridgehead atoms. The molecule has 3 rings (SSSR count). The summed E-state index contributed by atoms with van der Waals surface area (Å²) in [6.07, 6.45) is 2.94. The van der Waals surface area contributed by atoms with Gasteiger partial charge in [0, 0.05) is 18.7 Å². The molecule has 1 aromatic carbocycles.